The zero-order valence-corrected chi connectivity index (χ0v) is 9.76. The number of morpholine rings is 1. The number of carboxylic acids is 1. The van der Waals surface area contributed by atoms with Crippen LogP contribution in [0.5, 0.6) is 0 Å². The van der Waals surface area contributed by atoms with E-state index in [9.17, 15) is 9.59 Å². The lowest BCUT2D eigenvalue weighted by Gasteiger charge is -2.35. The fraction of sp³-hybridized carbons (Fsp3) is 0.800. The van der Waals surface area contributed by atoms with Gasteiger partial charge in [-0.25, -0.2) is 9.59 Å². The molecule has 0 bridgehead atoms. The van der Waals surface area contributed by atoms with Gasteiger partial charge in [0.15, 0.2) is 6.10 Å². The third-order valence-corrected chi connectivity index (χ3v) is 2.69. The van der Waals surface area contributed by atoms with Crippen molar-refractivity contribution in [3.8, 4) is 0 Å². The number of hydrogen-bond donors (Lipinski definition) is 3. The van der Waals surface area contributed by atoms with Crippen LogP contribution in [-0.4, -0.2) is 65.6 Å². The number of amides is 2. The van der Waals surface area contributed by atoms with Crippen LogP contribution < -0.4 is 5.32 Å². The van der Waals surface area contributed by atoms with Crippen LogP contribution >= 0.6 is 0 Å². The SMILES string of the molecule is CCC1COCCN1C(=O)NC[C@H](O)C(=O)O. The molecule has 1 heterocycles. The molecule has 0 spiro atoms. The minimum absolute atomic E-state index is 0.00530. The van der Waals surface area contributed by atoms with Gasteiger partial charge in [0.2, 0.25) is 0 Å². The summed E-state index contributed by atoms with van der Waals surface area (Å²) >= 11 is 0. The van der Waals surface area contributed by atoms with Crippen LogP contribution in [0.4, 0.5) is 4.79 Å². The van der Waals surface area contributed by atoms with Crippen molar-refractivity contribution in [2.45, 2.75) is 25.5 Å². The monoisotopic (exact) mass is 246 g/mol. The third-order valence-electron chi connectivity index (χ3n) is 2.69. The predicted octanol–water partition coefficient (Wildman–Crippen LogP) is -0.748. The van der Waals surface area contributed by atoms with Crippen LogP contribution in [0.1, 0.15) is 13.3 Å². The fourth-order valence-corrected chi connectivity index (χ4v) is 1.63. The topological polar surface area (TPSA) is 99.1 Å². The largest absolute Gasteiger partial charge is 0.479 e. The first-order valence-electron chi connectivity index (χ1n) is 5.59. The first-order chi connectivity index (χ1) is 8.06. The van der Waals surface area contributed by atoms with Crippen LogP contribution in [0.15, 0.2) is 0 Å². The molecule has 2 atom stereocenters. The maximum atomic E-state index is 11.7. The average molecular weight is 246 g/mol. The zero-order valence-electron chi connectivity index (χ0n) is 9.76. The molecule has 1 aliphatic heterocycles. The molecule has 0 saturated carbocycles. The van der Waals surface area contributed by atoms with E-state index < -0.39 is 12.1 Å². The molecule has 98 valence electrons. The number of nitrogens with one attached hydrogen (secondary N) is 1. The van der Waals surface area contributed by atoms with Gasteiger partial charge in [-0.2, -0.15) is 0 Å². The number of nitrogens with zero attached hydrogens (tertiary/aromatic N) is 1. The molecule has 0 aromatic heterocycles. The molecule has 1 rings (SSSR count). The summed E-state index contributed by atoms with van der Waals surface area (Å²) in [6.07, 6.45) is -0.797. The Morgan fingerprint density at radius 3 is 2.88 bits per heavy atom. The average Bonchev–Trinajstić information content (AvgIpc) is 2.35. The lowest BCUT2D eigenvalue weighted by Crippen LogP contribution is -2.53. The molecule has 7 nitrogen and oxygen atoms in total. The Morgan fingerprint density at radius 2 is 2.29 bits per heavy atom. The highest BCUT2D eigenvalue weighted by atomic mass is 16.5. The van der Waals surface area contributed by atoms with Crippen LogP contribution in [0.25, 0.3) is 0 Å². The lowest BCUT2D eigenvalue weighted by molar-refractivity contribution is -0.146. The van der Waals surface area contributed by atoms with Gasteiger partial charge in [0, 0.05) is 6.54 Å². The third kappa shape index (κ3) is 3.86. The Bertz CT molecular complexity index is 284. The van der Waals surface area contributed by atoms with E-state index in [4.69, 9.17) is 14.9 Å². The standard InChI is InChI=1S/C10H18N2O5/c1-2-7-6-17-4-3-12(7)10(16)11-5-8(13)9(14)15/h7-8,13H,2-6H2,1H3,(H,11,16)(H,14,15)/t7?,8-/m0/s1. The molecule has 1 unspecified atom stereocenters. The van der Waals surface area contributed by atoms with Gasteiger partial charge in [-0.3, -0.25) is 0 Å². The summed E-state index contributed by atoms with van der Waals surface area (Å²) in [5, 5.41) is 19.9. The van der Waals surface area contributed by atoms with Crippen molar-refractivity contribution < 1.29 is 24.5 Å². The van der Waals surface area contributed by atoms with Crippen molar-refractivity contribution in [1.29, 1.82) is 0 Å². The second-order valence-corrected chi connectivity index (χ2v) is 3.87. The van der Waals surface area contributed by atoms with Gasteiger partial charge in [-0.1, -0.05) is 6.92 Å². The molecule has 2 amide bonds. The molecule has 0 aromatic carbocycles. The fourth-order valence-electron chi connectivity index (χ4n) is 1.63. The number of carboxylic acid groups (broad SMARTS) is 1. The molecule has 17 heavy (non-hydrogen) atoms. The Morgan fingerprint density at radius 1 is 1.59 bits per heavy atom. The van der Waals surface area contributed by atoms with Gasteiger partial charge >= 0.3 is 12.0 Å². The highest BCUT2D eigenvalue weighted by Gasteiger charge is 2.26. The van der Waals surface area contributed by atoms with Gasteiger partial charge in [0.05, 0.1) is 25.8 Å². The summed E-state index contributed by atoms with van der Waals surface area (Å²) in [5.74, 6) is -1.35. The van der Waals surface area contributed by atoms with Crippen molar-refractivity contribution in [2.75, 3.05) is 26.3 Å². The van der Waals surface area contributed by atoms with Crippen molar-refractivity contribution in [3.05, 3.63) is 0 Å². The summed E-state index contributed by atoms with van der Waals surface area (Å²) in [4.78, 5) is 23.7. The normalized spacial score (nSPS) is 22.0. The number of urea groups is 1. The zero-order chi connectivity index (χ0) is 12.8. The Balaban J connectivity index is 2.42. The van der Waals surface area contributed by atoms with Gasteiger partial charge in [0.1, 0.15) is 0 Å². The van der Waals surface area contributed by atoms with Gasteiger partial charge < -0.3 is 25.2 Å². The minimum atomic E-state index is -1.57. The second kappa shape index (κ2) is 6.41. The van der Waals surface area contributed by atoms with Crippen LogP contribution in [0.2, 0.25) is 0 Å². The smallest absolute Gasteiger partial charge is 0.334 e. The lowest BCUT2D eigenvalue weighted by atomic mass is 10.2. The molecular formula is C10H18N2O5. The van der Waals surface area contributed by atoms with Crippen molar-refractivity contribution >= 4 is 12.0 Å². The summed E-state index contributed by atoms with van der Waals surface area (Å²) in [7, 11) is 0. The highest BCUT2D eigenvalue weighted by Crippen LogP contribution is 2.10. The number of carbonyl (C=O) groups is 2. The molecule has 1 fully saturated rings. The number of ether oxygens (including phenoxy) is 1. The highest BCUT2D eigenvalue weighted by molar-refractivity contribution is 5.77. The maximum absolute atomic E-state index is 11.7. The number of carbonyl (C=O) groups excluding carboxylic acids is 1. The number of aliphatic carboxylic acids is 1. The molecule has 0 radical (unpaired) electrons. The molecule has 1 aliphatic rings. The van der Waals surface area contributed by atoms with E-state index in [-0.39, 0.29) is 18.6 Å². The van der Waals surface area contributed by atoms with E-state index in [1.54, 1.807) is 4.90 Å². The first kappa shape index (κ1) is 13.7. The van der Waals surface area contributed by atoms with Crippen molar-refractivity contribution in [2.24, 2.45) is 0 Å². The number of rotatable bonds is 4. The number of hydrogen-bond acceptors (Lipinski definition) is 4. The van der Waals surface area contributed by atoms with Crippen molar-refractivity contribution in [3.63, 3.8) is 0 Å². The Labute approximate surface area is 99.4 Å². The van der Waals surface area contributed by atoms with E-state index >= 15 is 0 Å². The van der Waals surface area contributed by atoms with Crippen molar-refractivity contribution in [1.82, 2.24) is 10.2 Å². The van der Waals surface area contributed by atoms with Gasteiger partial charge in [-0.15, -0.1) is 0 Å². The molecule has 3 N–H and O–H groups in total. The first-order valence-corrected chi connectivity index (χ1v) is 5.59. The second-order valence-electron chi connectivity index (χ2n) is 3.87. The molecule has 0 aromatic rings. The van der Waals surface area contributed by atoms with E-state index in [2.05, 4.69) is 5.32 Å². The Hall–Kier alpha value is -1.34. The summed E-state index contributed by atoms with van der Waals surface area (Å²) < 4.78 is 5.25. The number of aliphatic hydroxyl groups excluding tert-OH is 1. The van der Waals surface area contributed by atoms with E-state index in [0.29, 0.717) is 19.8 Å². The quantitative estimate of drug-likeness (QED) is 0.606. The number of aliphatic hydroxyl groups is 1. The molecular weight excluding hydrogens is 228 g/mol. The molecule has 0 aliphatic carbocycles. The Kier molecular flexibility index (Phi) is 5.17. The van der Waals surface area contributed by atoms with Gasteiger partial charge in [0.25, 0.3) is 0 Å². The van der Waals surface area contributed by atoms with E-state index in [1.807, 2.05) is 6.92 Å². The maximum Gasteiger partial charge on any atom is 0.334 e. The van der Waals surface area contributed by atoms with Crippen LogP contribution in [-0.2, 0) is 9.53 Å². The summed E-state index contributed by atoms with van der Waals surface area (Å²) in [6, 6.07) is -0.355. The summed E-state index contributed by atoms with van der Waals surface area (Å²) in [6.45, 7) is 3.11. The summed E-state index contributed by atoms with van der Waals surface area (Å²) in [5.41, 5.74) is 0. The molecule has 1 saturated heterocycles. The van der Waals surface area contributed by atoms with E-state index in [0.717, 1.165) is 6.42 Å². The van der Waals surface area contributed by atoms with Gasteiger partial charge in [-0.05, 0) is 6.42 Å². The van der Waals surface area contributed by atoms with Crippen LogP contribution in [0.3, 0.4) is 0 Å². The predicted molar refractivity (Wildman–Crippen MR) is 58.6 cm³/mol. The van der Waals surface area contributed by atoms with E-state index in [1.165, 1.54) is 0 Å². The molecule has 7 heteroatoms. The minimum Gasteiger partial charge on any atom is -0.479 e. The van der Waals surface area contributed by atoms with Crippen LogP contribution in [0, 0.1) is 0 Å².